The predicted octanol–water partition coefficient (Wildman–Crippen LogP) is 3.03. The Balaban J connectivity index is 1.99. The Labute approximate surface area is 110 Å². The maximum Gasteiger partial charge on any atom is 0.156 e. The molecule has 2 bridgehead atoms. The highest BCUT2D eigenvalue weighted by Crippen LogP contribution is 2.64. The molecule has 1 heterocycles. The number of carbonyl (C=O) groups excluding carboxylic acids is 1. The molecule has 2 fully saturated rings. The molecular weight excluding hydrogens is 222 g/mol. The van der Waals surface area contributed by atoms with Gasteiger partial charge in [-0.05, 0) is 38.0 Å². The van der Waals surface area contributed by atoms with E-state index in [9.17, 15) is 4.79 Å². The molecule has 0 N–H and O–H groups in total. The summed E-state index contributed by atoms with van der Waals surface area (Å²) in [5, 5.41) is 0. The molecule has 18 heavy (non-hydrogen) atoms. The molecule has 1 aliphatic heterocycles. The van der Waals surface area contributed by atoms with Crippen LogP contribution in [0, 0.1) is 16.7 Å². The third-order valence-electron chi connectivity index (χ3n) is 6.43. The van der Waals surface area contributed by atoms with E-state index in [-0.39, 0.29) is 16.9 Å². The normalized spacial score (nSPS) is 50.4. The lowest BCUT2D eigenvalue weighted by molar-refractivity contribution is -0.133. The van der Waals surface area contributed by atoms with Gasteiger partial charge in [-0.1, -0.05) is 32.9 Å². The maximum atomic E-state index is 12.9. The van der Waals surface area contributed by atoms with Crippen molar-refractivity contribution in [2.24, 2.45) is 16.7 Å². The highest BCUT2D eigenvalue weighted by Gasteiger charge is 2.67. The molecule has 0 saturated heterocycles. The molecule has 0 unspecified atom stereocenters. The first-order valence-corrected chi connectivity index (χ1v) is 7.31. The van der Waals surface area contributed by atoms with Crippen LogP contribution in [-0.4, -0.2) is 28.8 Å². The monoisotopic (exact) mass is 247 g/mol. The highest BCUT2D eigenvalue weighted by atomic mass is 16.1. The molecule has 100 valence electrons. The van der Waals surface area contributed by atoms with Crippen LogP contribution in [0.3, 0.4) is 0 Å². The van der Waals surface area contributed by atoms with Gasteiger partial charge in [-0.3, -0.25) is 9.69 Å². The molecule has 0 aromatic rings. The molecule has 2 aliphatic carbocycles. The minimum absolute atomic E-state index is 0.0929. The van der Waals surface area contributed by atoms with Crippen molar-refractivity contribution in [3.63, 3.8) is 0 Å². The average Bonchev–Trinajstić information content (AvgIpc) is 2.77. The van der Waals surface area contributed by atoms with Gasteiger partial charge in [0.25, 0.3) is 0 Å². The van der Waals surface area contributed by atoms with Crippen LogP contribution in [0.1, 0.15) is 47.5 Å². The Kier molecular flexibility index (Phi) is 2.39. The molecule has 0 aromatic heterocycles. The zero-order chi connectivity index (χ0) is 13.3. The van der Waals surface area contributed by atoms with E-state index in [1.807, 2.05) is 0 Å². The van der Waals surface area contributed by atoms with E-state index in [1.54, 1.807) is 0 Å². The van der Waals surface area contributed by atoms with Crippen molar-refractivity contribution in [1.29, 1.82) is 0 Å². The van der Waals surface area contributed by atoms with Crippen LogP contribution in [-0.2, 0) is 4.79 Å². The van der Waals surface area contributed by atoms with Gasteiger partial charge in [0, 0.05) is 17.5 Å². The number of rotatable bonds is 1. The summed E-state index contributed by atoms with van der Waals surface area (Å²) >= 11 is 0. The first-order chi connectivity index (χ1) is 8.30. The van der Waals surface area contributed by atoms with Gasteiger partial charge in [-0.2, -0.15) is 0 Å². The van der Waals surface area contributed by atoms with Gasteiger partial charge in [0.2, 0.25) is 0 Å². The van der Waals surface area contributed by atoms with Crippen molar-refractivity contribution in [3.05, 3.63) is 12.2 Å². The van der Waals surface area contributed by atoms with Crippen LogP contribution in [0.15, 0.2) is 12.2 Å². The topological polar surface area (TPSA) is 20.3 Å². The van der Waals surface area contributed by atoms with Crippen molar-refractivity contribution in [1.82, 2.24) is 4.90 Å². The standard InChI is InChI=1S/C16H25NO/c1-10-6-7-11(2)17(10)13-12-8-9-16(5,14(13)18)15(12,3)4/h6-7,10-13H,8-9H2,1-5H3/t10-,11-,12+,13-,16+/m1/s1. The maximum absolute atomic E-state index is 12.9. The molecule has 2 saturated carbocycles. The fraction of sp³-hybridized carbons (Fsp3) is 0.812. The molecule has 0 amide bonds. The number of carbonyl (C=O) groups is 1. The lowest BCUT2D eigenvalue weighted by Crippen LogP contribution is -2.51. The van der Waals surface area contributed by atoms with E-state index in [0.29, 0.717) is 23.8 Å². The fourth-order valence-electron chi connectivity index (χ4n) is 4.78. The predicted molar refractivity (Wildman–Crippen MR) is 73.3 cm³/mol. The zero-order valence-electron chi connectivity index (χ0n) is 12.2. The Morgan fingerprint density at radius 3 is 2.17 bits per heavy atom. The first-order valence-electron chi connectivity index (χ1n) is 7.31. The summed E-state index contributed by atoms with van der Waals surface area (Å²) in [7, 11) is 0. The molecule has 2 heteroatoms. The zero-order valence-corrected chi connectivity index (χ0v) is 12.2. The summed E-state index contributed by atoms with van der Waals surface area (Å²) in [5.74, 6) is 1.05. The number of fused-ring (bicyclic) bond motifs is 2. The largest absolute Gasteiger partial charge is 0.297 e. The molecule has 0 aromatic carbocycles. The Morgan fingerprint density at radius 1 is 1.17 bits per heavy atom. The average molecular weight is 247 g/mol. The molecular formula is C16H25NO. The second kappa shape index (κ2) is 3.47. The van der Waals surface area contributed by atoms with E-state index in [1.165, 1.54) is 6.42 Å². The van der Waals surface area contributed by atoms with E-state index in [2.05, 4.69) is 51.7 Å². The summed E-state index contributed by atoms with van der Waals surface area (Å²) in [5.41, 5.74) is 0.0706. The first kappa shape index (κ1) is 12.4. The van der Waals surface area contributed by atoms with Crippen LogP contribution < -0.4 is 0 Å². The van der Waals surface area contributed by atoms with Gasteiger partial charge in [0.05, 0.1) is 6.04 Å². The summed E-state index contributed by atoms with van der Waals surface area (Å²) in [6, 6.07) is 0.971. The quantitative estimate of drug-likeness (QED) is 0.664. The van der Waals surface area contributed by atoms with E-state index < -0.39 is 0 Å². The van der Waals surface area contributed by atoms with Gasteiger partial charge in [-0.25, -0.2) is 0 Å². The minimum atomic E-state index is -0.0929. The molecule has 2 nitrogen and oxygen atoms in total. The molecule has 0 spiro atoms. The van der Waals surface area contributed by atoms with Crippen LogP contribution in [0.5, 0.6) is 0 Å². The smallest absolute Gasteiger partial charge is 0.156 e. The van der Waals surface area contributed by atoms with Crippen LogP contribution in [0.25, 0.3) is 0 Å². The van der Waals surface area contributed by atoms with Crippen LogP contribution in [0.2, 0.25) is 0 Å². The van der Waals surface area contributed by atoms with Gasteiger partial charge < -0.3 is 0 Å². The lowest BCUT2D eigenvalue weighted by atomic mass is 9.70. The molecule has 0 radical (unpaired) electrons. The summed E-state index contributed by atoms with van der Waals surface area (Å²) in [6.07, 6.45) is 6.80. The van der Waals surface area contributed by atoms with Crippen molar-refractivity contribution >= 4 is 5.78 Å². The second-order valence-corrected chi connectivity index (χ2v) is 7.32. The van der Waals surface area contributed by atoms with Gasteiger partial charge in [-0.15, -0.1) is 0 Å². The van der Waals surface area contributed by atoms with Crippen molar-refractivity contribution in [2.45, 2.75) is 65.6 Å². The van der Waals surface area contributed by atoms with Crippen LogP contribution >= 0.6 is 0 Å². The summed E-state index contributed by atoms with van der Waals surface area (Å²) < 4.78 is 0. The molecule has 3 rings (SSSR count). The van der Waals surface area contributed by atoms with E-state index in [4.69, 9.17) is 0 Å². The Bertz CT molecular complexity index is 411. The van der Waals surface area contributed by atoms with Gasteiger partial charge >= 0.3 is 0 Å². The third-order valence-corrected chi connectivity index (χ3v) is 6.43. The SMILES string of the molecule is C[C@@H]1C=C[C@@H](C)N1[C@H]1C(=O)[C@]2(C)CC[C@@H]1C2(C)C. The second-order valence-electron chi connectivity index (χ2n) is 7.32. The fourth-order valence-corrected chi connectivity index (χ4v) is 4.78. The number of nitrogens with zero attached hydrogens (tertiary/aromatic N) is 1. The van der Waals surface area contributed by atoms with Crippen molar-refractivity contribution < 1.29 is 4.79 Å². The number of ketones is 1. The molecule has 5 atom stereocenters. The van der Waals surface area contributed by atoms with Crippen LogP contribution in [0.4, 0.5) is 0 Å². The highest BCUT2D eigenvalue weighted by molar-refractivity contribution is 5.94. The lowest BCUT2D eigenvalue weighted by Gasteiger charge is -2.37. The van der Waals surface area contributed by atoms with Gasteiger partial charge in [0.15, 0.2) is 5.78 Å². The number of hydrogen-bond donors (Lipinski definition) is 0. The summed E-state index contributed by atoms with van der Waals surface area (Å²) in [6.45, 7) is 11.3. The Hall–Kier alpha value is -0.630. The number of Topliss-reactive ketones (excluding diaryl/α,β-unsaturated/α-hetero) is 1. The third kappa shape index (κ3) is 1.20. The van der Waals surface area contributed by atoms with E-state index >= 15 is 0 Å². The summed E-state index contributed by atoms with van der Waals surface area (Å²) in [4.78, 5) is 15.4. The Morgan fingerprint density at radius 2 is 1.72 bits per heavy atom. The minimum Gasteiger partial charge on any atom is -0.297 e. The van der Waals surface area contributed by atoms with Crippen molar-refractivity contribution in [3.8, 4) is 0 Å². The van der Waals surface area contributed by atoms with Crippen molar-refractivity contribution in [2.75, 3.05) is 0 Å². The number of hydrogen-bond acceptors (Lipinski definition) is 2. The van der Waals surface area contributed by atoms with E-state index in [0.717, 1.165) is 6.42 Å². The molecule has 3 aliphatic rings. The van der Waals surface area contributed by atoms with Gasteiger partial charge in [0.1, 0.15) is 0 Å².